The molecule has 2 N–H and O–H groups in total. The van der Waals surface area contributed by atoms with Gasteiger partial charge in [-0.1, -0.05) is 24.3 Å². The second-order valence-corrected chi connectivity index (χ2v) is 4.83. The highest BCUT2D eigenvalue weighted by atomic mass is 16.1. The number of benzene rings is 1. The summed E-state index contributed by atoms with van der Waals surface area (Å²) >= 11 is 0. The molecule has 1 aromatic carbocycles. The lowest BCUT2D eigenvalue weighted by Gasteiger charge is -2.06. The molecule has 2 aromatic heterocycles. The Hall–Kier alpha value is -3.28. The normalized spacial score (nSPS) is 10.1. The van der Waals surface area contributed by atoms with E-state index in [9.17, 15) is 4.79 Å². The van der Waals surface area contributed by atoms with E-state index in [0.29, 0.717) is 18.1 Å². The van der Waals surface area contributed by atoms with Gasteiger partial charge in [-0.25, -0.2) is 9.97 Å². The molecule has 0 aliphatic carbocycles. The monoisotopic (exact) mass is 305 g/mol. The molecule has 6 nitrogen and oxygen atoms in total. The van der Waals surface area contributed by atoms with Crippen LogP contribution in [-0.4, -0.2) is 20.9 Å². The number of carbonyl (C=O) groups excluding carboxylic acids is 1. The number of para-hydroxylation sites is 1. The second kappa shape index (κ2) is 7.13. The number of nitrogens with zero attached hydrogens (tertiary/aromatic N) is 3. The van der Waals surface area contributed by atoms with Crippen molar-refractivity contribution in [3.63, 3.8) is 0 Å². The number of hydrogen-bond acceptors (Lipinski definition) is 5. The van der Waals surface area contributed by atoms with E-state index >= 15 is 0 Å². The summed E-state index contributed by atoms with van der Waals surface area (Å²) in [7, 11) is 0. The third kappa shape index (κ3) is 4.10. The molecule has 114 valence electrons. The summed E-state index contributed by atoms with van der Waals surface area (Å²) in [5.41, 5.74) is 2.17. The van der Waals surface area contributed by atoms with Crippen molar-refractivity contribution in [3.8, 4) is 0 Å². The number of aromatic nitrogens is 3. The van der Waals surface area contributed by atoms with Crippen molar-refractivity contribution in [1.29, 1.82) is 0 Å². The van der Waals surface area contributed by atoms with E-state index in [1.54, 1.807) is 12.4 Å². The number of hydrogen-bond donors (Lipinski definition) is 2. The fourth-order valence-electron chi connectivity index (χ4n) is 1.95. The quantitative estimate of drug-likeness (QED) is 0.757. The molecule has 0 saturated heterocycles. The van der Waals surface area contributed by atoms with Crippen molar-refractivity contribution in [2.24, 2.45) is 0 Å². The summed E-state index contributed by atoms with van der Waals surface area (Å²) in [4.78, 5) is 24.4. The van der Waals surface area contributed by atoms with Crippen molar-refractivity contribution in [3.05, 3.63) is 78.4 Å². The van der Waals surface area contributed by atoms with Crippen LogP contribution in [0, 0.1) is 0 Å². The first-order valence-electron chi connectivity index (χ1n) is 7.12. The third-order valence-electron chi connectivity index (χ3n) is 3.12. The lowest BCUT2D eigenvalue weighted by molar-refractivity contribution is 0.102. The number of carbonyl (C=O) groups is 1. The zero-order chi connectivity index (χ0) is 15.9. The molecule has 3 rings (SSSR count). The van der Waals surface area contributed by atoms with Crippen LogP contribution in [0.3, 0.4) is 0 Å². The minimum absolute atomic E-state index is 0.241. The zero-order valence-corrected chi connectivity index (χ0v) is 12.3. The fraction of sp³-hybridized carbons (Fsp3) is 0.0588. The molecule has 1 amide bonds. The molecular formula is C17H15N5O. The third-order valence-corrected chi connectivity index (χ3v) is 3.12. The van der Waals surface area contributed by atoms with Gasteiger partial charge in [0.15, 0.2) is 0 Å². The molecule has 0 unspecified atom stereocenters. The Morgan fingerprint density at radius 2 is 1.74 bits per heavy atom. The van der Waals surface area contributed by atoms with Crippen molar-refractivity contribution in [2.45, 2.75) is 6.54 Å². The average molecular weight is 305 g/mol. The first kappa shape index (κ1) is 14.6. The Kier molecular flexibility index (Phi) is 4.54. The Labute approximate surface area is 133 Å². The average Bonchev–Trinajstić information content (AvgIpc) is 2.62. The smallest absolute Gasteiger partial charge is 0.258 e. The molecule has 0 saturated carbocycles. The van der Waals surface area contributed by atoms with Crippen molar-refractivity contribution in [2.75, 3.05) is 10.6 Å². The van der Waals surface area contributed by atoms with Gasteiger partial charge < -0.3 is 10.6 Å². The molecule has 0 radical (unpaired) electrons. The summed E-state index contributed by atoms with van der Waals surface area (Å²) in [5, 5.41) is 5.87. The van der Waals surface area contributed by atoms with E-state index < -0.39 is 0 Å². The molecule has 23 heavy (non-hydrogen) atoms. The molecule has 0 spiro atoms. The minimum atomic E-state index is -0.241. The van der Waals surface area contributed by atoms with E-state index in [1.807, 2.05) is 42.5 Å². The molecule has 2 heterocycles. The maximum absolute atomic E-state index is 12.1. The van der Waals surface area contributed by atoms with Gasteiger partial charge in [0.2, 0.25) is 5.95 Å². The predicted octanol–water partition coefficient (Wildman–Crippen LogP) is 2.74. The summed E-state index contributed by atoms with van der Waals surface area (Å²) in [6.45, 7) is 0.573. The van der Waals surface area contributed by atoms with Gasteiger partial charge in [-0.3, -0.25) is 9.78 Å². The molecule has 0 aliphatic heterocycles. The van der Waals surface area contributed by atoms with E-state index in [0.717, 1.165) is 11.3 Å². The number of rotatable bonds is 5. The van der Waals surface area contributed by atoms with Gasteiger partial charge in [-0.2, -0.15) is 0 Å². The first-order chi connectivity index (χ1) is 11.3. The molecular weight excluding hydrogens is 290 g/mol. The Balaban J connectivity index is 1.59. The Morgan fingerprint density at radius 3 is 2.43 bits per heavy atom. The fourth-order valence-corrected chi connectivity index (χ4v) is 1.95. The Morgan fingerprint density at radius 1 is 0.957 bits per heavy atom. The highest BCUT2D eigenvalue weighted by molar-refractivity contribution is 6.03. The van der Waals surface area contributed by atoms with E-state index in [1.165, 1.54) is 12.4 Å². The number of anilines is 2. The minimum Gasteiger partial charge on any atom is -0.350 e. The second-order valence-electron chi connectivity index (χ2n) is 4.83. The largest absolute Gasteiger partial charge is 0.350 e. The Bertz CT molecular complexity index is 760. The van der Waals surface area contributed by atoms with Gasteiger partial charge in [0.25, 0.3) is 5.91 Å². The van der Waals surface area contributed by atoms with E-state index in [4.69, 9.17) is 0 Å². The van der Waals surface area contributed by atoms with Crippen LogP contribution >= 0.6 is 0 Å². The maximum atomic E-state index is 12.1. The van der Waals surface area contributed by atoms with Gasteiger partial charge in [0.05, 0.1) is 5.56 Å². The highest BCUT2D eigenvalue weighted by Crippen LogP contribution is 2.09. The summed E-state index contributed by atoms with van der Waals surface area (Å²) in [6.07, 6.45) is 6.49. The summed E-state index contributed by atoms with van der Waals surface area (Å²) < 4.78 is 0. The van der Waals surface area contributed by atoms with Gasteiger partial charge >= 0.3 is 0 Å². The van der Waals surface area contributed by atoms with Crippen molar-refractivity contribution in [1.82, 2.24) is 15.0 Å². The van der Waals surface area contributed by atoms with Gasteiger partial charge in [0.1, 0.15) is 0 Å². The molecule has 3 aromatic rings. The van der Waals surface area contributed by atoms with Crippen LogP contribution in [0.5, 0.6) is 0 Å². The van der Waals surface area contributed by atoms with Crippen LogP contribution < -0.4 is 10.6 Å². The standard InChI is InChI=1S/C17H15N5O/c23-16(22-15-6-2-1-3-7-15)14-11-20-17(21-12-14)19-10-13-5-4-8-18-9-13/h1-9,11-12H,10H2,(H,22,23)(H,19,20,21). The van der Waals surface area contributed by atoms with Crippen LogP contribution in [0.4, 0.5) is 11.6 Å². The van der Waals surface area contributed by atoms with Crippen LogP contribution in [-0.2, 0) is 6.54 Å². The highest BCUT2D eigenvalue weighted by Gasteiger charge is 2.07. The van der Waals surface area contributed by atoms with Crippen LogP contribution in [0.1, 0.15) is 15.9 Å². The molecule has 6 heteroatoms. The molecule has 0 fully saturated rings. The zero-order valence-electron chi connectivity index (χ0n) is 12.3. The van der Waals surface area contributed by atoms with Gasteiger partial charge in [-0.15, -0.1) is 0 Å². The van der Waals surface area contributed by atoms with Gasteiger partial charge in [-0.05, 0) is 23.8 Å². The topological polar surface area (TPSA) is 79.8 Å². The SMILES string of the molecule is O=C(Nc1ccccc1)c1cnc(NCc2cccnc2)nc1. The lowest BCUT2D eigenvalue weighted by atomic mass is 10.3. The van der Waals surface area contributed by atoms with Crippen molar-refractivity contribution >= 4 is 17.5 Å². The molecule has 0 bridgehead atoms. The van der Waals surface area contributed by atoms with Crippen LogP contribution in [0.25, 0.3) is 0 Å². The number of pyridine rings is 1. The van der Waals surface area contributed by atoms with Crippen molar-refractivity contribution < 1.29 is 4.79 Å². The lowest BCUT2D eigenvalue weighted by Crippen LogP contribution is -2.13. The van der Waals surface area contributed by atoms with E-state index in [-0.39, 0.29) is 5.91 Å². The molecule has 0 aliphatic rings. The summed E-state index contributed by atoms with van der Waals surface area (Å²) in [5.74, 6) is 0.222. The number of amides is 1. The summed E-state index contributed by atoms with van der Waals surface area (Å²) in [6, 6.07) is 13.1. The van der Waals surface area contributed by atoms with Gasteiger partial charge in [0, 0.05) is 37.0 Å². The van der Waals surface area contributed by atoms with Crippen LogP contribution in [0.15, 0.2) is 67.3 Å². The maximum Gasteiger partial charge on any atom is 0.258 e. The predicted molar refractivity (Wildman–Crippen MR) is 88.0 cm³/mol. The van der Waals surface area contributed by atoms with Crippen LogP contribution in [0.2, 0.25) is 0 Å². The molecule has 0 atom stereocenters. The number of nitrogens with one attached hydrogen (secondary N) is 2. The van der Waals surface area contributed by atoms with E-state index in [2.05, 4.69) is 25.6 Å². The first-order valence-corrected chi connectivity index (χ1v) is 7.12.